The number of nitrogens with zero attached hydrogens (tertiary/aromatic N) is 2. The Balaban J connectivity index is 1.26. The first-order valence-corrected chi connectivity index (χ1v) is 13.8. The molecule has 3 aromatic carbocycles. The molecule has 0 saturated carbocycles. The van der Waals surface area contributed by atoms with E-state index in [0.717, 1.165) is 44.0 Å². The minimum absolute atomic E-state index is 0.114. The smallest absolute Gasteiger partial charge is 0.264 e. The number of morpholine rings is 1. The normalized spacial score (nSPS) is 18.1. The van der Waals surface area contributed by atoms with Crippen molar-refractivity contribution in [3.05, 3.63) is 89.5 Å². The molecule has 8 nitrogen and oxygen atoms in total. The number of hydrogen-bond acceptors (Lipinski definition) is 6. The van der Waals surface area contributed by atoms with Gasteiger partial charge in [0.25, 0.3) is 15.9 Å². The molecular weight excluding hydrogens is 490 g/mol. The maximum absolute atomic E-state index is 13.5. The molecule has 0 aliphatic carbocycles. The fourth-order valence-corrected chi connectivity index (χ4v) is 5.96. The number of para-hydroxylation sites is 2. The van der Waals surface area contributed by atoms with Gasteiger partial charge >= 0.3 is 0 Å². The number of carbonyl (C=O) groups is 1. The van der Waals surface area contributed by atoms with Crippen LogP contribution in [0.25, 0.3) is 0 Å². The van der Waals surface area contributed by atoms with Gasteiger partial charge in [-0.2, -0.15) is 0 Å². The molecular formula is C28H31N3O5S. The molecule has 0 aromatic heterocycles. The first-order valence-electron chi connectivity index (χ1n) is 12.4. The number of sulfonamides is 1. The second-order valence-corrected chi connectivity index (χ2v) is 11.2. The van der Waals surface area contributed by atoms with Gasteiger partial charge in [0.2, 0.25) is 0 Å². The van der Waals surface area contributed by atoms with Crippen LogP contribution in [-0.4, -0.2) is 58.2 Å². The molecule has 5 rings (SSSR count). The molecule has 2 aliphatic rings. The number of amides is 1. The van der Waals surface area contributed by atoms with E-state index >= 15 is 0 Å². The third kappa shape index (κ3) is 5.79. The van der Waals surface area contributed by atoms with Crippen LogP contribution in [0.3, 0.4) is 0 Å². The molecule has 2 aliphatic heterocycles. The van der Waals surface area contributed by atoms with Crippen LogP contribution in [0.4, 0.5) is 5.69 Å². The van der Waals surface area contributed by atoms with Crippen molar-refractivity contribution in [3.8, 4) is 5.75 Å². The van der Waals surface area contributed by atoms with Crippen LogP contribution in [0, 0.1) is 6.92 Å². The van der Waals surface area contributed by atoms with Gasteiger partial charge in [-0.3, -0.25) is 14.0 Å². The number of aryl methyl sites for hydroxylation is 1. The lowest BCUT2D eigenvalue weighted by atomic mass is 10.1. The van der Waals surface area contributed by atoms with Crippen molar-refractivity contribution < 1.29 is 22.7 Å². The van der Waals surface area contributed by atoms with Gasteiger partial charge in [0.05, 0.1) is 30.3 Å². The molecule has 1 N–H and O–H groups in total. The van der Waals surface area contributed by atoms with Crippen molar-refractivity contribution in [2.45, 2.75) is 31.0 Å². The topological polar surface area (TPSA) is 88.2 Å². The van der Waals surface area contributed by atoms with Crippen molar-refractivity contribution in [3.63, 3.8) is 0 Å². The Kier molecular flexibility index (Phi) is 7.45. The zero-order valence-corrected chi connectivity index (χ0v) is 21.6. The van der Waals surface area contributed by atoms with Crippen molar-refractivity contribution in [2.24, 2.45) is 0 Å². The maximum atomic E-state index is 13.5. The molecule has 0 radical (unpaired) electrons. The molecule has 194 valence electrons. The summed E-state index contributed by atoms with van der Waals surface area (Å²) in [6.45, 7) is 6.37. The number of benzene rings is 3. The maximum Gasteiger partial charge on any atom is 0.264 e. The number of rotatable bonds is 7. The van der Waals surface area contributed by atoms with Crippen molar-refractivity contribution in [1.82, 2.24) is 10.2 Å². The summed E-state index contributed by atoms with van der Waals surface area (Å²) >= 11 is 0. The number of nitrogens with one attached hydrogen (secondary N) is 1. The summed E-state index contributed by atoms with van der Waals surface area (Å²) < 4.78 is 39.6. The van der Waals surface area contributed by atoms with Crippen molar-refractivity contribution in [2.75, 3.05) is 37.2 Å². The predicted octanol–water partition coefficient (Wildman–Crippen LogP) is 3.10. The van der Waals surface area contributed by atoms with Gasteiger partial charge in [0.1, 0.15) is 5.75 Å². The van der Waals surface area contributed by atoms with Crippen LogP contribution in [0.2, 0.25) is 0 Å². The molecule has 0 spiro atoms. The van der Waals surface area contributed by atoms with Crippen molar-refractivity contribution in [1.29, 1.82) is 0 Å². The van der Waals surface area contributed by atoms with Crippen LogP contribution in [0.5, 0.6) is 5.75 Å². The lowest BCUT2D eigenvalue weighted by molar-refractivity contribution is -0.127. The first kappa shape index (κ1) is 25.3. The Morgan fingerprint density at radius 2 is 1.62 bits per heavy atom. The summed E-state index contributed by atoms with van der Waals surface area (Å²) in [5.41, 5.74) is 3.55. The van der Waals surface area contributed by atoms with Gasteiger partial charge in [-0.1, -0.05) is 54.1 Å². The van der Waals surface area contributed by atoms with E-state index in [0.29, 0.717) is 18.0 Å². The number of hydrogen-bond donors (Lipinski definition) is 1. The van der Waals surface area contributed by atoms with Crippen LogP contribution in [0.15, 0.2) is 77.7 Å². The molecule has 1 atom stereocenters. The highest BCUT2D eigenvalue weighted by molar-refractivity contribution is 7.92. The molecule has 2 heterocycles. The fraction of sp³-hybridized carbons (Fsp3) is 0.321. The second-order valence-electron chi connectivity index (χ2n) is 9.35. The molecule has 9 heteroatoms. The number of anilines is 1. The molecule has 1 fully saturated rings. The van der Waals surface area contributed by atoms with Gasteiger partial charge in [-0.25, -0.2) is 8.42 Å². The zero-order chi connectivity index (χ0) is 25.8. The zero-order valence-electron chi connectivity index (χ0n) is 20.8. The summed E-state index contributed by atoms with van der Waals surface area (Å²) in [6, 6.07) is 21.7. The fourth-order valence-electron chi connectivity index (χ4n) is 4.49. The highest BCUT2D eigenvalue weighted by Gasteiger charge is 2.37. The lowest BCUT2D eigenvalue weighted by Crippen LogP contribution is -2.50. The summed E-state index contributed by atoms with van der Waals surface area (Å²) in [5.74, 6) is -0.00643. The van der Waals surface area contributed by atoms with E-state index in [1.54, 1.807) is 48.5 Å². The van der Waals surface area contributed by atoms with E-state index in [1.165, 1.54) is 9.87 Å². The summed E-state index contributed by atoms with van der Waals surface area (Å²) in [5, 5.41) is 2.91. The van der Waals surface area contributed by atoms with Gasteiger partial charge in [0, 0.05) is 26.2 Å². The SMILES string of the molecule is Cc1ccc(S(=O)(=O)N2C[C@@H](C(=O)NCc3ccc(CN4CCOCC4)cc3)Oc3ccccc32)cc1. The standard InChI is InChI=1S/C28H31N3O5S/c1-21-6-12-24(13-7-21)37(33,34)31-20-27(36-26-5-3-2-4-25(26)31)28(32)29-18-22-8-10-23(11-9-22)19-30-14-16-35-17-15-30/h2-13,27H,14-20H2,1H3,(H,29,32)/t27-/m0/s1. The summed E-state index contributed by atoms with van der Waals surface area (Å²) in [6.07, 6.45) is -0.976. The third-order valence-corrected chi connectivity index (χ3v) is 8.43. The number of carbonyl (C=O) groups excluding carboxylic acids is 1. The Morgan fingerprint density at radius 1 is 0.946 bits per heavy atom. The van der Waals surface area contributed by atoms with Gasteiger partial charge in [-0.05, 0) is 42.3 Å². The molecule has 3 aromatic rings. The van der Waals surface area contributed by atoms with Crippen LogP contribution in [-0.2, 0) is 32.6 Å². The van der Waals surface area contributed by atoms with E-state index in [9.17, 15) is 13.2 Å². The molecule has 37 heavy (non-hydrogen) atoms. The number of fused-ring (bicyclic) bond motifs is 1. The average molecular weight is 522 g/mol. The average Bonchev–Trinajstić information content (AvgIpc) is 2.92. The Hall–Kier alpha value is -3.40. The van der Waals surface area contributed by atoms with E-state index in [2.05, 4.69) is 22.3 Å². The molecule has 1 amide bonds. The Labute approximate surface area is 217 Å². The van der Waals surface area contributed by atoms with Crippen molar-refractivity contribution >= 4 is 21.6 Å². The van der Waals surface area contributed by atoms with Crippen LogP contribution in [0.1, 0.15) is 16.7 Å². The summed E-state index contributed by atoms with van der Waals surface area (Å²) in [4.78, 5) is 15.6. The number of ether oxygens (including phenoxy) is 2. The second kappa shape index (κ2) is 10.9. The highest BCUT2D eigenvalue weighted by atomic mass is 32.2. The molecule has 1 saturated heterocycles. The quantitative estimate of drug-likeness (QED) is 0.514. The van der Waals surface area contributed by atoms with Gasteiger partial charge in [-0.15, -0.1) is 0 Å². The van der Waals surface area contributed by atoms with E-state index in [4.69, 9.17) is 9.47 Å². The van der Waals surface area contributed by atoms with Crippen LogP contribution >= 0.6 is 0 Å². The largest absolute Gasteiger partial charge is 0.476 e. The Morgan fingerprint density at radius 3 is 2.35 bits per heavy atom. The van der Waals surface area contributed by atoms with Gasteiger partial charge < -0.3 is 14.8 Å². The van der Waals surface area contributed by atoms with Crippen LogP contribution < -0.4 is 14.4 Å². The first-order chi connectivity index (χ1) is 17.9. The van der Waals surface area contributed by atoms with E-state index in [1.807, 2.05) is 19.1 Å². The predicted molar refractivity (Wildman–Crippen MR) is 141 cm³/mol. The highest BCUT2D eigenvalue weighted by Crippen LogP contribution is 2.36. The molecule has 0 unspecified atom stereocenters. The molecule has 0 bridgehead atoms. The van der Waals surface area contributed by atoms with Gasteiger partial charge in [0.15, 0.2) is 6.10 Å². The minimum Gasteiger partial charge on any atom is -0.476 e. The lowest BCUT2D eigenvalue weighted by Gasteiger charge is -2.34. The summed E-state index contributed by atoms with van der Waals surface area (Å²) in [7, 11) is -3.88. The Bertz CT molecular complexity index is 1340. The minimum atomic E-state index is -3.88. The third-order valence-electron chi connectivity index (χ3n) is 6.64. The van der Waals surface area contributed by atoms with E-state index < -0.39 is 16.1 Å². The monoisotopic (exact) mass is 521 g/mol. The van der Waals surface area contributed by atoms with E-state index in [-0.39, 0.29) is 17.3 Å².